The number of imidazole rings is 1. The molecule has 1 aromatic heterocycles. The molecule has 0 spiro atoms. The molecule has 1 heterocycles. The second-order valence-electron chi connectivity index (χ2n) is 10.2. The third kappa shape index (κ3) is 5.73. The van der Waals surface area contributed by atoms with Crippen LogP contribution in [0.3, 0.4) is 0 Å². The summed E-state index contributed by atoms with van der Waals surface area (Å²) in [5.74, 6) is 0.140. The molecule has 0 bridgehead atoms. The number of rotatable bonds is 7. The number of hydrogen-bond acceptors (Lipinski definition) is 3. The van der Waals surface area contributed by atoms with Gasteiger partial charge in [0.05, 0.1) is 23.9 Å². The van der Waals surface area contributed by atoms with Crippen LogP contribution < -0.4 is 4.90 Å². The largest absolute Gasteiger partial charge is 0.334 e. The SMILES string of the molecule is CC(=O)/C=C/c1cccc(N(Cc2ccc(-c3ccc4c(c3)ncn4C)cc2Cl)C(=O)C2CCCCC2)c1. The van der Waals surface area contributed by atoms with Gasteiger partial charge in [-0.25, -0.2) is 4.98 Å². The Morgan fingerprint density at radius 1 is 1.03 bits per heavy atom. The van der Waals surface area contributed by atoms with Crippen molar-refractivity contribution in [3.05, 3.63) is 89.2 Å². The van der Waals surface area contributed by atoms with Gasteiger partial charge in [-0.05, 0) is 78.4 Å². The number of benzene rings is 3. The lowest BCUT2D eigenvalue weighted by molar-refractivity contribution is -0.123. The van der Waals surface area contributed by atoms with Crippen LogP contribution in [-0.4, -0.2) is 21.2 Å². The third-order valence-corrected chi connectivity index (χ3v) is 7.70. The molecule has 0 aliphatic heterocycles. The smallest absolute Gasteiger partial charge is 0.230 e. The molecule has 1 aliphatic carbocycles. The first-order chi connectivity index (χ1) is 18.4. The van der Waals surface area contributed by atoms with Crippen LogP contribution in [0, 0.1) is 5.92 Å². The quantitative estimate of drug-likeness (QED) is 0.233. The number of aromatic nitrogens is 2. The zero-order valence-electron chi connectivity index (χ0n) is 21.9. The van der Waals surface area contributed by atoms with Crippen LogP contribution in [0.2, 0.25) is 5.02 Å². The standard InChI is InChI=1S/C32H32ClN3O2/c1-22(37)11-12-23-7-6-10-28(17-23)36(32(38)24-8-4-3-5-9-24)20-27-14-13-25(18-29(27)33)26-15-16-31-30(19-26)34-21-35(31)2/h6-7,10-19,21,24H,3-5,8-9,20H2,1-2H3/b12-11+. The van der Waals surface area contributed by atoms with Crippen molar-refractivity contribution in [3.8, 4) is 11.1 Å². The van der Waals surface area contributed by atoms with Crippen LogP contribution in [0.5, 0.6) is 0 Å². The Morgan fingerprint density at radius 3 is 2.55 bits per heavy atom. The molecule has 194 valence electrons. The number of aryl methyl sites for hydroxylation is 1. The molecule has 1 aliphatic rings. The number of halogens is 1. The number of nitrogens with zero attached hydrogens (tertiary/aromatic N) is 3. The van der Waals surface area contributed by atoms with Gasteiger partial charge in [0.2, 0.25) is 5.91 Å². The van der Waals surface area contributed by atoms with Crippen molar-refractivity contribution in [1.29, 1.82) is 0 Å². The predicted molar refractivity (Wildman–Crippen MR) is 155 cm³/mol. The zero-order chi connectivity index (χ0) is 26.6. The van der Waals surface area contributed by atoms with Crippen LogP contribution in [0.1, 0.15) is 50.2 Å². The van der Waals surface area contributed by atoms with Gasteiger partial charge in [-0.2, -0.15) is 0 Å². The lowest BCUT2D eigenvalue weighted by atomic mass is 9.88. The number of ketones is 1. The van der Waals surface area contributed by atoms with E-state index in [2.05, 4.69) is 29.2 Å². The van der Waals surface area contributed by atoms with Crippen molar-refractivity contribution in [3.63, 3.8) is 0 Å². The van der Waals surface area contributed by atoms with Crippen molar-refractivity contribution in [2.24, 2.45) is 13.0 Å². The van der Waals surface area contributed by atoms with Gasteiger partial charge in [0.1, 0.15) is 0 Å². The maximum Gasteiger partial charge on any atom is 0.230 e. The van der Waals surface area contributed by atoms with Crippen molar-refractivity contribution in [1.82, 2.24) is 9.55 Å². The van der Waals surface area contributed by atoms with Crippen LogP contribution in [0.25, 0.3) is 28.2 Å². The molecule has 0 atom stereocenters. The van der Waals surface area contributed by atoms with Gasteiger partial charge < -0.3 is 9.47 Å². The number of allylic oxidation sites excluding steroid dienone is 1. The molecule has 5 rings (SSSR count). The van der Waals surface area contributed by atoms with Crippen molar-refractivity contribution in [2.75, 3.05) is 4.90 Å². The summed E-state index contributed by atoms with van der Waals surface area (Å²) in [6.07, 6.45) is 10.3. The minimum Gasteiger partial charge on any atom is -0.334 e. The van der Waals surface area contributed by atoms with E-state index in [1.165, 1.54) is 13.3 Å². The molecule has 4 aromatic rings. The van der Waals surface area contributed by atoms with E-state index in [9.17, 15) is 9.59 Å². The lowest BCUT2D eigenvalue weighted by Crippen LogP contribution is -2.36. The first kappa shape index (κ1) is 25.9. The highest BCUT2D eigenvalue weighted by atomic mass is 35.5. The summed E-state index contributed by atoms with van der Waals surface area (Å²) in [5.41, 5.74) is 6.65. The first-order valence-electron chi connectivity index (χ1n) is 13.2. The normalized spacial score (nSPS) is 14.3. The Hall–Kier alpha value is -3.70. The van der Waals surface area contributed by atoms with E-state index in [0.717, 1.165) is 64.7 Å². The van der Waals surface area contributed by atoms with Gasteiger partial charge >= 0.3 is 0 Å². The van der Waals surface area contributed by atoms with E-state index in [1.54, 1.807) is 12.2 Å². The molecule has 1 fully saturated rings. The number of carbonyl (C=O) groups excluding carboxylic acids is 2. The minimum absolute atomic E-state index is 0.0143. The van der Waals surface area contributed by atoms with Gasteiger partial charge in [0, 0.05) is 23.7 Å². The Balaban J connectivity index is 1.46. The highest BCUT2D eigenvalue weighted by Crippen LogP contribution is 2.32. The summed E-state index contributed by atoms with van der Waals surface area (Å²) < 4.78 is 2.00. The summed E-state index contributed by atoms with van der Waals surface area (Å²) in [6, 6.07) is 20.0. The molecule has 0 unspecified atom stereocenters. The fraction of sp³-hybridized carbons (Fsp3) is 0.281. The van der Waals surface area contributed by atoms with E-state index in [4.69, 9.17) is 11.6 Å². The maximum absolute atomic E-state index is 13.8. The van der Waals surface area contributed by atoms with Gasteiger partial charge in [0.15, 0.2) is 5.78 Å². The lowest BCUT2D eigenvalue weighted by Gasteiger charge is -2.30. The fourth-order valence-corrected chi connectivity index (χ4v) is 5.46. The number of amides is 1. The van der Waals surface area contributed by atoms with E-state index in [0.29, 0.717) is 11.6 Å². The predicted octanol–water partition coefficient (Wildman–Crippen LogP) is 7.61. The monoisotopic (exact) mass is 525 g/mol. The van der Waals surface area contributed by atoms with Crippen molar-refractivity contribution in [2.45, 2.75) is 45.6 Å². The topological polar surface area (TPSA) is 55.2 Å². The first-order valence-corrected chi connectivity index (χ1v) is 13.6. The highest BCUT2D eigenvalue weighted by molar-refractivity contribution is 6.31. The number of anilines is 1. The van der Waals surface area contributed by atoms with Crippen LogP contribution in [0.4, 0.5) is 5.69 Å². The second kappa shape index (κ2) is 11.4. The van der Waals surface area contributed by atoms with E-state index >= 15 is 0 Å². The van der Waals surface area contributed by atoms with Crippen LogP contribution in [0.15, 0.2) is 73.1 Å². The molecular weight excluding hydrogens is 494 g/mol. The summed E-state index contributed by atoms with van der Waals surface area (Å²) in [7, 11) is 1.98. The molecule has 0 saturated heterocycles. The molecule has 1 amide bonds. The Kier molecular flexibility index (Phi) is 7.75. The fourth-order valence-electron chi connectivity index (χ4n) is 5.22. The van der Waals surface area contributed by atoms with Crippen LogP contribution >= 0.6 is 11.6 Å². The Morgan fingerprint density at radius 2 is 1.79 bits per heavy atom. The van der Waals surface area contributed by atoms with Crippen LogP contribution in [-0.2, 0) is 23.2 Å². The molecule has 1 saturated carbocycles. The number of fused-ring (bicyclic) bond motifs is 1. The molecule has 0 radical (unpaired) electrons. The Labute approximate surface area is 228 Å². The highest BCUT2D eigenvalue weighted by Gasteiger charge is 2.27. The average molecular weight is 526 g/mol. The van der Waals surface area contributed by atoms with Gasteiger partial charge in [-0.15, -0.1) is 0 Å². The molecule has 0 N–H and O–H groups in total. The van der Waals surface area contributed by atoms with Gasteiger partial charge in [-0.1, -0.05) is 67.3 Å². The minimum atomic E-state index is -0.0143. The molecule has 5 nitrogen and oxygen atoms in total. The van der Waals surface area contributed by atoms with Gasteiger partial charge in [0.25, 0.3) is 0 Å². The summed E-state index contributed by atoms with van der Waals surface area (Å²) >= 11 is 6.83. The Bertz CT molecular complexity index is 1510. The molecule has 3 aromatic carbocycles. The molecular formula is C32H32ClN3O2. The molecule has 6 heteroatoms. The van der Waals surface area contributed by atoms with Crippen molar-refractivity contribution < 1.29 is 9.59 Å². The summed E-state index contributed by atoms with van der Waals surface area (Å²) in [4.78, 5) is 31.6. The van der Waals surface area contributed by atoms with Gasteiger partial charge in [-0.3, -0.25) is 9.59 Å². The van der Waals surface area contributed by atoms with E-state index in [1.807, 2.05) is 59.2 Å². The number of carbonyl (C=O) groups is 2. The number of hydrogen-bond donors (Lipinski definition) is 0. The van der Waals surface area contributed by atoms with Crippen molar-refractivity contribution >= 4 is 46.1 Å². The van der Waals surface area contributed by atoms with E-state index in [-0.39, 0.29) is 17.6 Å². The zero-order valence-corrected chi connectivity index (χ0v) is 22.6. The third-order valence-electron chi connectivity index (χ3n) is 7.35. The summed E-state index contributed by atoms with van der Waals surface area (Å²) in [5, 5.41) is 0.623. The van der Waals surface area contributed by atoms with E-state index < -0.39 is 0 Å². The average Bonchev–Trinajstić information content (AvgIpc) is 3.31. The molecule has 38 heavy (non-hydrogen) atoms. The summed E-state index contributed by atoms with van der Waals surface area (Å²) in [6.45, 7) is 1.91. The second-order valence-corrected chi connectivity index (χ2v) is 10.6. The maximum atomic E-state index is 13.8.